The molecule has 0 saturated carbocycles. The molecular formula is C15H13N2O3-. The van der Waals surface area contributed by atoms with Crippen LogP contribution in [0.1, 0.15) is 34.5 Å². The van der Waals surface area contributed by atoms with Crippen molar-refractivity contribution in [3.8, 4) is 0 Å². The number of anilines is 1. The number of hydrogen-bond acceptors (Lipinski definition) is 5. The van der Waals surface area contributed by atoms with Gasteiger partial charge in [-0.2, -0.15) is 5.10 Å². The molecule has 102 valence electrons. The number of carboxylic acid groups (broad SMARTS) is 1. The average molecular weight is 269 g/mol. The van der Waals surface area contributed by atoms with Gasteiger partial charge in [-0.1, -0.05) is 18.2 Å². The summed E-state index contributed by atoms with van der Waals surface area (Å²) in [5.41, 5.74) is 5.14. The molecular weight excluding hydrogens is 256 g/mol. The Bertz CT molecular complexity index is 659. The van der Waals surface area contributed by atoms with E-state index in [-0.39, 0.29) is 5.56 Å². The van der Waals surface area contributed by atoms with Gasteiger partial charge in [0.2, 0.25) is 0 Å². The molecule has 5 nitrogen and oxygen atoms in total. The van der Waals surface area contributed by atoms with Gasteiger partial charge in [0.05, 0.1) is 17.4 Å². The predicted octanol–water partition coefficient (Wildman–Crippen LogP) is 1.80. The van der Waals surface area contributed by atoms with Crippen molar-refractivity contribution < 1.29 is 14.3 Å². The molecule has 1 aliphatic carbocycles. The van der Waals surface area contributed by atoms with Crippen LogP contribution >= 0.6 is 0 Å². The minimum absolute atomic E-state index is 0.0771. The topological polar surface area (TPSA) is 77.7 Å². The molecule has 3 rings (SSSR count). The zero-order valence-electron chi connectivity index (χ0n) is 10.8. The number of nitrogens with one attached hydrogen (secondary N) is 1. The van der Waals surface area contributed by atoms with Crippen molar-refractivity contribution in [1.82, 2.24) is 0 Å². The normalized spacial score (nSPS) is 15.9. The van der Waals surface area contributed by atoms with Gasteiger partial charge in [-0.3, -0.25) is 5.43 Å². The van der Waals surface area contributed by atoms with Gasteiger partial charge in [0.15, 0.2) is 0 Å². The van der Waals surface area contributed by atoms with E-state index in [1.807, 2.05) is 30.3 Å². The van der Waals surface area contributed by atoms with E-state index in [1.165, 1.54) is 6.26 Å². The Labute approximate surface area is 115 Å². The fraction of sp³-hybridized carbons (Fsp3) is 0.200. The molecule has 0 aliphatic heterocycles. The van der Waals surface area contributed by atoms with Gasteiger partial charge in [0, 0.05) is 17.5 Å². The third-order valence-corrected chi connectivity index (χ3v) is 3.29. The Hall–Kier alpha value is -2.56. The molecule has 0 saturated heterocycles. The summed E-state index contributed by atoms with van der Waals surface area (Å²) in [5.74, 6) is -0.562. The highest BCUT2D eigenvalue weighted by molar-refractivity contribution is 6.09. The van der Waals surface area contributed by atoms with Gasteiger partial charge in [-0.25, -0.2) is 0 Å². The molecule has 0 spiro atoms. The van der Waals surface area contributed by atoms with Gasteiger partial charge in [-0.15, -0.1) is 0 Å². The van der Waals surface area contributed by atoms with Crippen LogP contribution in [0.3, 0.4) is 0 Å². The van der Waals surface area contributed by atoms with Crippen LogP contribution < -0.4 is 10.5 Å². The van der Waals surface area contributed by atoms with Gasteiger partial charge in [0.1, 0.15) is 12.0 Å². The summed E-state index contributed by atoms with van der Waals surface area (Å²) < 4.78 is 5.30. The third kappa shape index (κ3) is 2.30. The van der Waals surface area contributed by atoms with Crippen molar-refractivity contribution in [1.29, 1.82) is 0 Å². The van der Waals surface area contributed by atoms with Crippen LogP contribution in [0.2, 0.25) is 0 Å². The van der Waals surface area contributed by atoms with Crippen LogP contribution in [0, 0.1) is 0 Å². The number of rotatable bonds is 3. The van der Waals surface area contributed by atoms with Crippen LogP contribution in [0.25, 0.3) is 0 Å². The maximum Gasteiger partial charge on any atom is 0.113 e. The first kappa shape index (κ1) is 12.5. The summed E-state index contributed by atoms with van der Waals surface area (Å²) in [6.45, 7) is 0. The minimum Gasteiger partial charge on any atom is -0.545 e. The first-order valence-electron chi connectivity index (χ1n) is 6.45. The van der Waals surface area contributed by atoms with E-state index >= 15 is 0 Å². The monoisotopic (exact) mass is 269 g/mol. The molecule has 1 N–H and O–H groups in total. The lowest BCUT2D eigenvalue weighted by molar-refractivity contribution is -0.255. The van der Waals surface area contributed by atoms with Crippen molar-refractivity contribution >= 4 is 17.4 Å². The fourth-order valence-corrected chi connectivity index (χ4v) is 2.35. The lowest BCUT2D eigenvalue weighted by Gasteiger charge is -2.15. The van der Waals surface area contributed by atoms with Crippen molar-refractivity contribution in [3.05, 3.63) is 53.5 Å². The van der Waals surface area contributed by atoms with Crippen LogP contribution in [-0.2, 0) is 6.42 Å². The summed E-state index contributed by atoms with van der Waals surface area (Å²) >= 11 is 0. The maximum absolute atomic E-state index is 11.1. The first-order chi connectivity index (χ1) is 9.75. The Morgan fingerprint density at radius 3 is 2.80 bits per heavy atom. The molecule has 0 bridgehead atoms. The van der Waals surface area contributed by atoms with Crippen LogP contribution in [0.15, 0.2) is 46.1 Å². The first-order valence-corrected chi connectivity index (χ1v) is 6.45. The zero-order valence-corrected chi connectivity index (χ0v) is 10.8. The Morgan fingerprint density at radius 2 is 2.05 bits per heavy atom. The summed E-state index contributed by atoms with van der Waals surface area (Å²) in [4.78, 5) is 11.1. The molecule has 0 amide bonds. The molecule has 0 radical (unpaired) electrons. The number of para-hydroxylation sites is 1. The number of fused-ring (bicyclic) bond motifs is 1. The van der Waals surface area contributed by atoms with E-state index in [1.54, 1.807) is 0 Å². The van der Waals surface area contributed by atoms with Crippen molar-refractivity contribution in [3.63, 3.8) is 0 Å². The molecule has 2 aromatic rings. The van der Waals surface area contributed by atoms with Crippen LogP contribution in [0.4, 0.5) is 5.69 Å². The van der Waals surface area contributed by atoms with E-state index in [4.69, 9.17) is 4.42 Å². The lowest BCUT2D eigenvalue weighted by Crippen LogP contribution is -2.25. The maximum atomic E-state index is 11.1. The largest absolute Gasteiger partial charge is 0.545 e. The number of carboxylic acids is 1. The van der Waals surface area contributed by atoms with Crippen molar-refractivity contribution in [2.24, 2.45) is 5.10 Å². The quantitative estimate of drug-likeness (QED) is 0.862. The number of aryl methyl sites for hydroxylation is 1. The minimum atomic E-state index is -1.23. The highest BCUT2D eigenvalue weighted by Crippen LogP contribution is 2.26. The average Bonchev–Trinajstić information content (AvgIpc) is 2.91. The van der Waals surface area contributed by atoms with E-state index < -0.39 is 5.97 Å². The Morgan fingerprint density at radius 1 is 1.25 bits per heavy atom. The number of hydrogen-bond donors (Lipinski definition) is 1. The number of nitrogens with zero attached hydrogens (tertiary/aromatic N) is 1. The van der Waals surface area contributed by atoms with Gasteiger partial charge >= 0.3 is 0 Å². The molecule has 0 fully saturated rings. The second kappa shape index (κ2) is 5.21. The predicted molar refractivity (Wildman–Crippen MR) is 72.6 cm³/mol. The SMILES string of the molecule is O=C([O-])c1coc2c1/C(=N\Nc1ccccc1)CCC2. The lowest BCUT2D eigenvalue weighted by atomic mass is 9.93. The fourth-order valence-electron chi connectivity index (χ4n) is 2.35. The Kier molecular flexibility index (Phi) is 3.25. The highest BCUT2D eigenvalue weighted by Gasteiger charge is 2.23. The Balaban J connectivity index is 1.93. The number of aromatic carboxylic acids is 1. The second-order valence-corrected chi connectivity index (χ2v) is 4.62. The van der Waals surface area contributed by atoms with Gasteiger partial charge in [-0.05, 0) is 25.0 Å². The molecule has 1 aromatic heterocycles. The van der Waals surface area contributed by atoms with Gasteiger partial charge in [0.25, 0.3) is 0 Å². The number of hydrazone groups is 1. The van der Waals surface area contributed by atoms with Gasteiger partial charge < -0.3 is 14.3 Å². The summed E-state index contributed by atoms with van der Waals surface area (Å²) in [6.07, 6.45) is 3.57. The number of benzene rings is 1. The molecule has 20 heavy (non-hydrogen) atoms. The van der Waals surface area contributed by atoms with Crippen molar-refractivity contribution in [2.75, 3.05) is 5.43 Å². The van der Waals surface area contributed by atoms with E-state index in [2.05, 4.69) is 10.5 Å². The highest BCUT2D eigenvalue weighted by atomic mass is 16.4. The smallest absolute Gasteiger partial charge is 0.113 e. The number of furan rings is 1. The van der Waals surface area contributed by atoms with Crippen LogP contribution in [0.5, 0.6) is 0 Å². The number of carbonyl (C=O) groups excluding carboxylic acids is 1. The second-order valence-electron chi connectivity index (χ2n) is 4.62. The van der Waals surface area contributed by atoms with E-state index in [0.29, 0.717) is 23.5 Å². The molecule has 0 atom stereocenters. The summed E-state index contributed by atoms with van der Waals surface area (Å²) in [7, 11) is 0. The molecule has 5 heteroatoms. The van der Waals surface area contributed by atoms with E-state index in [0.717, 1.165) is 18.5 Å². The summed E-state index contributed by atoms with van der Waals surface area (Å²) in [5, 5.41) is 15.4. The number of carbonyl (C=O) groups is 1. The summed E-state index contributed by atoms with van der Waals surface area (Å²) in [6, 6.07) is 9.51. The van der Waals surface area contributed by atoms with Crippen LogP contribution in [-0.4, -0.2) is 11.7 Å². The molecule has 1 heterocycles. The standard InChI is InChI=1S/C15H14N2O3/c18-15(19)11-9-20-13-8-4-7-12(14(11)13)17-16-10-5-2-1-3-6-10/h1-3,5-6,9,16H,4,7-8H2,(H,18,19)/p-1/b17-12-. The van der Waals surface area contributed by atoms with Crippen molar-refractivity contribution in [2.45, 2.75) is 19.3 Å². The molecule has 1 aromatic carbocycles. The molecule has 0 unspecified atom stereocenters. The molecule has 1 aliphatic rings. The zero-order chi connectivity index (χ0) is 13.9. The third-order valence-electron chi connectivity index (χ3n) is 3.29. The van der Waals surface area contributed by atoms with E-state index in [9.17, 15) is 9.90 Å².